The molecule has 0 fully saturated rings. The zero-order valence-electron chi connectivity index (χ0n) is 15.3. The van der Waals surface area contributed by atoms with Crippen LogP contribution in [0, 0.1) is 0 Å². The summed E-state index contributed by atoms with van der Waals surface area (Å²) in [4.78, 5) is 7.65. The van der Waals surface area contributed by atoms with Crippen LogP contribution in [0.2, 0.25) is 0 Å². The summed E-state index contributed by atoms with van der Waals surface area (Å²) in [5.74, 6) is 0.729. The molecule has 1 N–H and O–H groups in total. The summed E-state index contributed by atoms with van der Waals surface area (Å²) in [6.45, 7) is 2.65. The Bertz CT molecular complexity index is 527. The summed E-state index contributed by atoms with van der Waals surface area (Å²) >= 11 is 1.70. The van der Waals surface area contributed by atoms with E-state index in [0.29, 0.717) is 19.5 Å². The number of halogens is 4. The fraction of sp³-hybridized carbons (Fsp3) is 0.588. The van der Waals surface area contributed by atoms with Crippen molar-refractivity contribution in [3.63, 3.8) is 0 Å². The molecule has 1 aromatic carbocycles. The van der Waals surface area contributed by atoms with E-state index in [1.807, 2.05) is 25.1 Å². The second-order valence-electron chi connectivity index (χ2n) is 5.46. The van der Waals surface area contributed by atoms with E-state index in [4.69, 9.17) is 0 Å². The largest absolute Gasteiger partial charge is 0.411 e. The van der Waals surface area contributed by atoms with Crippen LogP contribution >= 0.6 is 35.7 Å². The highest BCUT2D eigenvalue weighted by Gasteiger charge is 2.27. The van der Waals surface area contributed by atoms with Crippen LogP contribution in [0.1, 0.15) is 18.9 Å². The molecule has 0 unspecified atom stereocenters. The van der Waals surface area contributed by atoms with Gasteiger partial charge < -0.3 is 15.0 Å². The highest BCUT2D eigenvalue weighted by molar-refractivity contribution is 14.0. The van der Waals surface area contributed by atoms with Crippen LogP contribution in [0.4, 0.5) is 13.2 Å². The molecule has 1 rings (SSSR count). The first-order chi connectivity index (χ1) is 11.9. The lowest BCUT2D eigenvalue weighted by Gasteiger charge is -2.22. The van der Waals surface area contributed by atoms with Crippen LogP contribution in [-0.2, 0) is 11.3 Å². The smallest absolute Gasteiger partial charge is 0.372 e. The van der Waals surface area contributed by atoms with E-state index >= 15 is 0 Å². The van der Waals surface area contributed by atoms with Gasteiger partial charge in [-0.1, -0.05) is 12.1 Å². The van der Waals surface area contributed by atoms with Crippen LogP contribution in [-0.4, -0.2) is 56.6 Å². The molecule has 26 heavy (non-hydrogen) atoms. The van der Waals surface area contributed by atoms with Gasteiger partial charge >= 0.3 is 6.18 Å². The molecule has 0 heterocycles. The third kappa shape index (κ3) is 11.1. The Kier molecular flexibility index (Phi) is 13.1. The summed E-state index contributed by atoms with van der Waals surface area (Å²) in [5, 5.41) is 3.19. The zero-order chi connectivity index (χ0) is 18.7. The van der Waals surface area contributed by atoms with Crippen molar-refractivity contribution in [2.75, 3.05) is 39.6 Å². The first-order valence-electron chi connectivity index (χ1n) is 8.12. The Hall–Kier alpha value is -0.680. The summed E-state index contributed by atoms with van der Waals surface area (Å²) in [6.07, 6.45) is -1.79. The number of hydrogen-bond donors (Lipinski definition) is 1. The molecule has 1 aromatic rings. The van der Waals surface area contributed by atoms with Gasteiger partial charge in [-0.2, -0.15) is 13.2 Å². The van der Waals surface area contributed by atoms with Gasteiger partial charge in [0.2, 0.25) is 0 Å². The van der Waals surface area contributed by atoms with E-state index in [9.17, 15) is 13.2 Å². The Morgan fingerprint density at radius 1 is 1.27 bits per heavy atom. The van der Waals surface area contributed by atoms with Crippen molar-refractivity contribution < 1.29 is 17.9 Å². The first kappa shape index (κ1) is 25.3. The second kappa shape index (κ2) is 13.5. The van der Waals surface area contributed by atoms with Crippen LogP contribution < -0.4 is 5.32 Å². The van der Waals surface area contributed by atoms with Gasteiger partial charge in [-0.3, -0.25) is 4.99 Å². The third-order valence-electron chi connectivity index (χ3n) is 3.25. The summed E-state index contributed by atoms with van der Waals surface area (Å²) in [7, 11) is 1.93. The molecule has 9 heteroatoms. The second-order valence-corrected chi connectivity index (χ2v) is 6.34. The number of nitrogens with one attached hydrogen (secondary N) is 1. The fourth-order valence-corrected chi connectivity index (χ4v) is 2.50. The molecule has 0 spiro atoms. The molecular formula is C17H27F3IN3OS. The topological polar surface area (TPSA) is 36.9 Å². The average molecular weight is 505 g/mol. The maximum Gasteiger partial charge on any atom is 0.411 e. The number of nitrogens with zero attached hydrogens (tertiary/aromatic N) is 2. The van der Waals surface area contributed by atoms with Crippen LogP contribution in [0.5, 0.6) is 0 Å². The van der Waals surface area contributed by atoms with Crippen LogP contribution in [0.3, 0.4) is 0 Å². The highest BCUT2D eigenvalue weighted by Crippen LogP contribution is 2.16. The van der Waals surface area contributed by atoms with Gasteiger partial charge in [-0.15, -0.1) is 35.7 Å². The van der Waals surface area contributed by atoms with Gasteiger partial charge in [0.1, 0.15) is 6.61 Å². The molecule has 150 valence electrons. The molecular weight excluding hydrogens is 478 g/mol. The zero-order valence-corrected chi connectivity index (χ0v) is 18.5. The lowest BCUT2D eigenvalue weighted by molar-refractivity contribution is -0.173. The number of alkyl halides is 3. The number of rotatable bonds is 9. The van der Waals surface area contributed by atoms with Gasteiger partial charge in [0.05, 0.1) is 0 Å². The molecule has 0 amide bonds. The fourth-order valence-electron chi connectivity index (χ4n) is 2.09. The Labute approximate surface area is 175 Å². The average Bonchev–Trinajstić information content (AvgIpc) is 2.56. The lowest BCUT2D eigenvalue weighted by atomic mass is 10.2. The molecule has 0 saturated heterocycles. The quantitative estimate of drug-likeness (QED) is 0.178. The van der Waals surface area contributed by atoms with Gasteiger partial charge in [0.25, 0.3) is 0 Å². The summed E-state index contributed by atoms with van der Waals surface area (Å²) in [5.41, 5.74) is 1.17. The molecule has 0 aliphatic rings. The number of benzene rings is 1. The molecule has 0 aromatic heterocycles. The van der Waals surface area contributed by atoms with Crippen molar-refractivity contribution in [1.82, 2.24) is 10.2 Å². The molecule has 0 bridgehead atoms. The van der Waals surface area contributed by atoms with E-state index in [1.165, 1.54) is 10.5 Å². The third-order valence-corrected chi connectivity index (χ3v) is 3.99. The molecule has 0 atom stereocenters. The maximum absolute atomic E-state index is 12.0. The molecule has 0 aliphatic carbocycles. The van der Waals surface area contributed by atoms with Crippen molar-refractivity contribution in [3.8, 4) is 0 Å². The van der Waals surface area contributed by atoms with Crippen LogP contribution in [0.15, 0.2) is 34.2 Å². The van der Waals surface area contributed by atoms with Crippen molar-refractivity contribution in [2.45, 2.75) is 31.0 Å². The van der Waals surface area contributed by atoms with Gasteiger partial charge in [-0.25, -0.2) is 0 Å². The number of guanidine groups is 1. The predicted molar refractivity (Wildman–Crippen MR) is 113 cm³/mol. The van der Waals surface area contributed by atoms with E-state index in [2.05, 4.69) is 39.3 Å². The number of thioether (sulfide) groups is 1. The van der Waals surface area contributed by atoms with Crippen molar-refractivity contribution in [3.05, 3.63) is 29.8 Å². The Morgan fingerprint density at radius 3 is 2.46 bits per heavy atom. The lowest BCUT2D eigenvalue weighted by Crippen LogP contribution is -2.38. The SMILES string of the molecule is CCNC(=NCCCOCC(F)(F)F)N(C)Cc1ccc(SC)cc1.I. The summed E-state index contributed by atoms with van der Waals surface area (Å²) < 4.78 is 40.5. The summed E-state index contributed by atoms with van der Waals surface area (Å²) in [6, 6.07) is 8.32. The van der Waals surface area contributed by atoms with Crippen LogP contribution in [0.25, 0.3) is 0 Å². The normalized spacial score (nSPS) is 11.8. The van der Waals surface area contributed by atoms with Crippen molar-refractivity contribution >= 4 is 41.7 Å². The number of aliphatic imine (C=N–C) groups is 1. The molecule has 0 radical (unpaired) electrons. The maximum atomic E-state index is 12.0. The highest BCUT2D eigenvalue weighted by atomic mass is 127. The number of ether oxygens (including phenoxy) is 1. The minimum atomic E-state index is -4.27. The standard InChI is InChI=1S/C17H26F3N3OS.HI/c1-4-21-16(22-10-5-11-24-13-17(18,19)20)23(2)12-14-6-8-15(25-3)9-7-14;/h6-9H,4-5,10-13H2,1-3H3,(H,21,22);1H. The number of hydrogen-bond acceptors (Lipinski definition) is 3. The molecule has 0 saturated carbocycles. The van der Waals surface area contributed by atoms with Gasteiger partial charge in [-0.05, 0) is 37.3 Å². The predicted octanol–water partition coefficient (Wildman–Crippen LogP) is 4.39. The van der Waals surface area contributed by atoms with E-state index in [-0.39, 0.29) is 30.6 Å². The van der Waals surface area contributed by atoms with Gasteiger partial charge in [0, 0.05) is 38.2 Å². The van der Waals surface area contributed by atoms with Crippen molar-refractivity contribution in [2.24, 2.45) is 4.99 Å². The Morgan fingerprint density at radius 2 is 1.92 bits per heavy atom. The van der Waals surface area contributed by atoms with E-state index in [1.54, 1.807) is 11.8 Å². The van der Waals surface area contributed by atoms with Gasteiger partial charge in [0.15, 0.2) is 5.96 Å². The molecule has 0 aliphatic heterocycles. The van der Waals surface area contributed by atoms with E-state index < -0.39 is 12.8 Å². The van der Waals surface area contributed by atoms with Crippen molar-refractivity contribution in [1.29, 1.82) is 0 Å². The molecule has 4 nitrogen and oxygen atoms in total. The first-order valence-corrected chi connectivity index (χ1v) is 9.35. The minimum absolute atomic E-state index is 0. The Balaban J connectivity index is 0.00000625. The monoisotopic (exact) mass is 505 g/mol. The van der Waals surface area contributed by atoms with E-state index in [0.717, 1.165) is 12.5 Å². The minimum Gasteiger partial charge on any atom is -0.372 e.